The van der Waals surface area contributed by atoms with Gasteiger partial charge in [-0.1, -0.05) is 31.2 Å². The summed E-state index contributed by atoms with van der Waals surface area (Å²) in [6, 6.07) is 15.5. The molecule has 2 heterocycles. The van der Waals surface area contributed by atoms with Crippen LogP contribution in [0.15, 0.2) is 60.1 Å². The molecule has 116 valence electrons. The van der Waals surface area contributed by atoms with Crippen molar-refractivity contribution >= 4 is 34.4 Å². The zero-order valence-electron chi connectivity index (χ0n) is 12.7. The second-order valence-corrected chi connectivity index (χ2v) is 5.95. The molecule has 0 aliphatic carbocycles. The van der Waals surface area contributed by atoms with Crippen LogP contribution in [0.3, 0.4) is 0 Å². The van der Waals surface area contributed by atoms with Crippen LogP contribution in [0, 0.1) is 0 Å². The highest BCUT2D eigenvalue weighted by Crippen LogP contribution is 2.21. The number of hydrogen-bond acceptors (Lipinski definition) is 4. The van der Waals surface area contributed by atoms with Gasteiger partial charge < -0.3 is 10.6 Å². The molecule has 5 heteroatoms. The van der Waals surface area contributed by atoms with E-state index in [9.17, 15) is 4.79 Å². The fourth-order valence-electron chi connectivity index (χ4n) is 2.23. The van der Waals surface area contributed by atoms with Gasteiger partial charge in [0, 0.05) is 5.69 Å². The van der Waals surface area contributed by atoms with E-state index in [1.54, 1.807) is 12.3 Å². The molecule has 1 amide bonds. The van der Waals surface area contributed by atoms with Crippen LogP contribution in [0.4, 0.5) is 17.2 Å². The number of aryl methyl sites for hydroxylation is 1. The van der Waals surface area contributed by atoms with Crippen molar-refractivity contribution in [2.45, 2.75) is 13.3 Å². The van der Waals surface area contributed by atoms with E-state index < -0.39 is 0 Å². The fraction of sp³-hybridized carbons (Fsp3) is 0.111. The second kappa shape index (κ2) is 7.07. The quantitative estimate of drug-likeness (QED) is 0.715. The fourth-order valence-corrected chi connectivity index (χ4v) is 2.85. The molecular formula is C18H17N3OS. The lowest BCUT2D eigenvalue weighted by atomic mass is 10.1. The molecule has 3 rings (SSSR count). The number of nitrogens with one attached hydrogen (secondary N) is 2. The second-order valence-electron chi connectivity index (χ2n) is 5.00. The van der Waals surface area contributed by atoms with Crippen LogP contribution >= 0.6 is 11.3 Å². The number of benzene rings is 1. The van der Waals surface area contributed by atoms with Crippen LogP contribution < -0.4 is 10.6 Å². The zero-order valence-corrected chi connectivity index (χ0v) is 13.6. The highest BCUT2D eigenvalue weighted by molar-refractivity contribution is 7.12. The van der Waals surface area contributed by atoms with Crippen LogP contribution in [0.5, 0.6) is 0 Å². The molecule has 0 aliphatic rings. The summed E-state index contributed by atoms with van der Waals surface area (Å²) in [4.78, 5) is 17.0. The minimum atomic E-state index is -0.112. The Balaban J connectivity index is 1.68. The van der Waals surface area contributed by atoms with E-state index in [0.29, 0.717) is 10.6 Å². The van der Waals surface area contributed by atoms with Gasteiger partial charge in [0.1, 0.15) is 5.82 Å². The number of para-hydroxylation sites is 1. The number of amides is 1. The molecule has 0 atom stereocenters. The summed E-state index contributed by atoms with van der Waals surface area (Å²) < 4.78 is 0. The Bertz CT molecular complexity index is 782. The van der Waals surface area contributed by atoms with Gasteiger partial charge in [-0.05, 0) is 41.6 Å². The Morgan fingerprint density at radius 2 is 2.00 bits per heavy atom. The Labute approximate surface area is 139 Å². The standard InChI is InChI=1S/C18H17N3OS/c1-2-13-6-3-4-7-15(13)21-17-10-9-14(12-19-17)20-18(22)16-8-5-11-23-16/h3-12H,2H2,1H3,(H,19,21)(H,20,22). The molecule has 0 unspecified atom stereocenters. The van der Waals surface area contributed by atoms with E-state index in [4.69, 9.17) is 0 Å². The number of anilines is 3. The minimum absolute atomic E-state index is 0.112. The predicted molar refractivity (Wildman–Crippen MR) is 95.6 cm³/mol. The maximum atomic E-state index is 12.0. The Morgan fingerprint density at radius 1 is 1.13 bits per heavy atom. The normalized spacial score (nSPS) is 10.3. The van der Waals surface area contributed by atoms with Crippen LogP contribution in [0.25, 0.3) is 0 Å². The molecule has 0 saturated heterocycles. The van der Waals surface area contributed by atoms with Crippen LogP contribution in [0.1, 0.15) is 22.2 Å². The summed E-state index contributed by atoms with van der Waals surface area (Å²) in [5.41, 5.74) is 2.97. The van der Waals surface area contributed by atoms with Crippen LogP contribution in [-0.2, 0) is 6.42 Å². The van der Waals surface area contributed by atoms with Gasteiger partial charge in [-0.25, -0.2) is 4.98 Å². The Morgan fingerprint density at radius 3 is 2.70 bits per heavy atom. The highest BCUT2D eigenvalue weighted by Gasteiger charge is 2.07. The van der Waals surface area contributed by atoms with Gasteiger partial charge in [0.05, 0.1) is 16.8 Å². The average Bonchev–Trinajstić information content (AvgIpc) is 3.12. The summed E-state index contributed by atoms with van der Waals surface area (Å²) in [6.45, 7) is 2.12. The molecule has 3 aromatic rings. The number of thiophene rings is 1. The maximum Gasteiger partial charge on any atom is 0.265 e. The van der Waals surface area contributed by atoms with E-state index in [1.165, 1.54) is 16.9 Å². The lowest BCUT2D eigenvalue weighted by molar-refractivity contribution is 0.103. The molecular weight excluding hydrogens is 306 g/mol. The van der Waals surface area contributed by atoms with Crippen LogP contribution in [0.2, 0.25) is 0 Å². The third kappa shape index (κ3) is 3.76. The van der Waals surface area contributed by atoms with Gasteiger partial charge >= 0.3 is 0 Å². The summed E-state index contributed by atoms with van der Waals surface area (Å²) in [7, 11) is 0. The zero-order chi connectivity index (χ0) is 16.1. The molecule has 0 aliphatic heterocycles. The third-order valence-electron chi connectivity index (χ3n) is 3.43. The van der Waals surface area contributed by atoms with Crippen molar-refractivity contribution < 1.29 is 4.79 Å². The molecule has 0 spiro atoms. The smallest absolute Gasteiger partial charge is 0.265 e. The first-order valence-electron chi connectivity index (χ1n) is 7.42. The van der Waals surface area contributed by atoms with Crippen molar-refractivity contribution in [3.8, 4) is 0 Å². The summed E-state index contributed by atoms with van der Waals surface area (Å²) in [5.74, 6) is 0.638. The maximum absolute atomic E-state index is 12.0. The highest BCUT2D eigenvalue weighted by atomic mass is 32.1. The number of hydrogen-bond donors (Lipinski definition) is 2. The minimum Gasteiger partial charge on any atom is -0.340 e. The van der Waals surface area contributed by atoms with Crippen molar-refractivity contribution in [2.24, 2.45) is 0 Å². The Kier molecular flexibility index (Phi) is 4.68. The summed E-state index contributed by atoms with van der Waals surface area (Å²) in [6.07, 6.45) is 2.61. The molecule has 0 bridgehead atoms. The van der Waals surface area contributed by atoms with Crippen molar-refractivity contribution in [1.82, 2.24) is 4.98 Å². The van der Waals surface area contributed by atoms with Crippen molar-refractivity contribution in [3.63, 3.8) is 0 Å². The topological polar surface area (TPSA) is 54.0 Å². The summed E-state index contributed by atoms with van der Waals surface area (Å²) >= 11 is 1.41. The molecule has 0 saturated carbocycles. The largest absolute Gasteiger partial charge is 0.340 e. The molecule has 0 radical (unpaired) electrons. The van der Waals surface area contributed by atoms with E-state index in [0.717, 1.165) is 17.9 Å². The van der Waals surface area contributed by atoms with E-state index in [2.05, 4.69) is 28.6 Å². The molecule has 2 N–H and O–H groups in total. The molecule has 4 nitrogen and oxygen atoms in total. The van der Waals surface area contributed by atoms with Gasteiger partial charge in [0.15, 0.2) is 0 Å². The van der Waals surface area contributed by atoms with Gasteiger partial charge in [0.2, 0.25) is 0 Å². The van der Waals surface area contributed by atoms with E-state index >= 15 is 0 Å². The monoisotopic (exact) mass is 323 g/mol. The number of carbonyl (C=O) groups is 1. The van der Waals surface area contributed by atoms with Gasteiger partial charge in [-0.3, -0.25) is 4.79 Å². The van der Waals surface area contributed by atoms with Crippen molar-refractivity contribution in [3.05, 3.63) is 70.5 Å². The van der Waals surface area contributed by atoms with Crippen molar-refractivity contribution in [1.29, 1.82) is 0 Å². The van der Waals surface area contributed by atoms with Gasteiger partial charge in [0.25, 0.3) is 5.91 Å². The lowest BCUT2D eigenvalue weighted by Gasteiger charge is -2.10. The number of nitrogens with zero attached hydrogens (tertiary/aromatic N) is 1. The SMILES string of the molecule is CCc1ccccc1Nc1ccc(NC(=O)c2cccs2)cn1. The number of carbonyl (C=O) groups excluding carboxylic acids is 1. The van der Waals surface area contributed by atoms with Crippen LogP contribution in [-0.4, -0.2) is 10.9 Å². The van der Waals surface area contributed by atoms with E-state index in [-0.39, 0.29) is 5.91 Å². The van der Waals surface area contributed by atoms with Crippen molar-refractivity contribution in [2.75, 3.05) is 10.6 Å². The first-order chi connectivity index (χ1) is 11.3. The predicted octanol–water partition coefficient (Wildman–Crippen LogP) is 4.70. The van der Waals surface area contributed by atoms with Gasteiger partial charge in [-0.15, -0.1) is 11.3 Å². The van der Waals surface area contributed by atoms with Gasteiger partial charge in [-0.2, -0.15) is 0 Å². The molecule has 2 aromatic heterocycles. The lowest BCUT2D eigenvalue weighted by Crippen LogP contribution is -2.10. The van der Waals surface area contributed by atoms with E-state index in [1.807, 2.05) is 41.8 Å². The molecule has 1 aromatic carbocycles. The number of rotatable bonds is 5. The molecule has 23 heavy (non-hydrogen) atoms. The molecule has 0 fully saturated rings. The first kappa shape index (κ1) is 15.2. The number of aromatic nitrogens is 1. The third-order valence-corrected chi connectivity index (χ3v) is 4.30. The first-order valence-corrected chi connectivity index (χ1v) is 8.30. The average molecular weight is 323 g/mol. The number of pyridine rings is 1. The summed E-state index contributed by atoms with van der Waals surface area (Å²) in [5, 5.41) is 8.03. The Hall–Kier alpha value is -2.66.